The number of nitrogens with one attached hydrogen (secondary N) is 4. The highest BCUT2D eigenvalue weighted by Gasteiger charge is 2.14. The van der Waals surface area contributed by atoms with E-state index in [4.69, 9.17) is 0 Å². The first-order chi connectivity index (χ1) is 33.3. The van der Waals surface area contributed by atoms with Gasteiger partial charge < -0.3 is 21.3 Å². The minimum absolute atomic E-state index is 0.983. The van der Waals surface area contributed by atoms with E-state index >= 15 is 0 Å². The van der Waals surface area contributed by atoms with Gasteiger partial charge in [-0.05, 0) is 93.4 Å². The first kappa shape index (κ1) is 52.8. The lowest BCUT2D eigenvalue weighted by Gasteiger charge is -2.04. The van der Waals surface area contributed by atoms with Gasteiger partial charge in [0.05, 0.1) is 5.52 Å². The van der Waals surface area contributed by atoms with Gasteiger partial charge in [0.2, 0.25) is 0 Å². The van der Waals surface area contributed by atoms with Gasteiger partial charge in [-0.15, -0.1) is 0 Å². The normalized spacial score (nSPS) is 11.8. The third-order valence-corrected chi connectivity index (χ3v) is 11.1. The fourth-order valence-corrected chi connectivity index (χ4v) is 8.31. The number of benzene rings is 8. The Kier molecular flexibility index (Phi) is 23.3. The Morgan fingerprint density at radius 2 is 0.866 bits per heavy atom. The number of aromatic nitrogens is 1. The molecule has 4 aliphatic heterocycles. The molecule has 0 fully saturated rings. The van der Waals surface area contributed by atoms with Crippen LogP contribution in [0.15, 0.2) is 176 Å². The molecule has 0 aliphatic carbocycles. The Balaban J connectivity index is 0.000000175. The van der Waals surface area contributed by atoms with E-state index in [0.717, 1.165) is 38.1 Å². The van der Waals surface area contributed by atoms with Crippen LogP contribution in [-0.2, 0) is 25.8 Å². The third kappa shape index (κ3) is 14.1. The van der Waals surface area contributed by atoms with Crippen molar-refractivity contribution >= 4 is 66.0 Å². The van der Waals surface area contributed by atoms with E-state index in [9.17, 15) is 0 Å². The van der Waals surface area contributed by atoms with Gasteiger partial charge in [-0.2, -0.15) is 0 Å². The summed E-state index contributed by atoms with van der Waals surface area (Å²) in [5, 5.41) is 22.9. The lowest BCUT2D eigenvalue weighted by molar-refractivity contribution is 1.11. The van der Waals surface area contributed by atoms with E-state index in [1.54, 1.807) is 0 Å². The number of para-hydroxylation sites is 2. The number of hydrogen-bond acceptors (Lipinski definition) is 5. The zero-order valence-corrected chi connectivity index (χ0v) is 42.1. The van der Waals surface area contributed by atoms with Crippen molar-refractivity contribution in [3.05, 3.63) is 198 Å². The summed E-state index contributed by atoms with van der Waals surface area (Å²) in [7, 11) is 0. The molecule has 9 aromatic rings. The van der Waals surface area contributed by atoms with Gasteiger partial charge in [0.25, 0.3) is 0 Å². The van der Waals surface area contributed by atoms with Crippen LogP contribution in [0.25, 0.3) is 43.2 Å². The Labute approximate surface area is 403 Å². The summed E-state index contributed by atoms with van der Waals surface area (Å²) in [6, 6.07) is 59.4. The van der Waals surface area contributed by atoms with Crippen molar-refractivity contribution in [2.24, 2.45) is 0 Å². The van der Waals surface area contributed by atoms with Gasteiger partial charge >= 0.3 is 0 Å². The average molecular weight is 892 g/mol. The van der Waals surface area contributed by atoms with E-state index in [-0.39, 0.29) is 0 Å². The molecule has 350 valence electrons. The first-order valence-corrected chi connectivity index (χ1v) is 25.1. The highest BCUT2D eigenvalue weighted by molar-refractivity contribution is 5.99. The molecule has 4 N–H and O–H groups in total. The van der Waals surface area contributed by atoms with Crippen LogP contribution in [0.2, 0.25) is 0 Å². The Morgan fingerprint density at radius 1 is 0.343 bits per heavy atom. The van der Waals surface area contributed by atoms with Crippen molar-refractivity contribution in [1.29, 1.82) is 0 Å². The molecule has 0 spiro atoms. The zero-order chi connectivity index (χ0) is 48.2. The zero-order valence-electron chi connectivity index (χ0n) is 42.1. The molecule has 5 heteroatoms. The van der Waals surface area contributed by atoms with E-state index in [1.165, 1.54) is 95.5 Å². The van der Waals surface area contributed by atoms with Crippen molar-refractivity contribution in [3.63, 3.8) is 0 Å². The topological polar surface area (TPSA) is 61.0 Å². The second kappa shape index (κ2) is 29.6. The Hall–Kier alpha value is -6.85. The molecule has 0 atom stereocenters. The van der Waals surface area contributed by atoms with Gasteiger partial charge in [-0.1, -0.05) is 209 Å². The molecule has 5 heterocycles. The van der Waals surface area contributed by atoms with Gasteiger partial charge in [-0.3, -0.25) is 4.98 Å². The van der Waals surface area contributed by atoms with Crippen molar-refractivity contribution in [2.75, 3.05) is 40.9 Å². The summed E-state index contributed by atoms with van der Waals surface area (Å²) in [5.41, 5.74) is 12.1. The number of hydrogen-bond donors (Lipinski definition) is 4. The number of fused-ring (bicyclic) bond motifs is 8. The molecule has 0 unspecified atom stereocenters. The van der Waals surface area contributed by atoms with Crippen molar-refractivity contribution in [2.45, 2.75) is 95.0 Å². The molecule has 0 saturated carbocycles. The molecule has 1 aromatic heterocycles. The highest BCUT2D eigenvalue weighted by Crippen LogP contribution is 2.33. The van der Waals surface area contributed by atoms with Crippen LogP contribution >= 0.6 is 0 Å². The molecule has 0 saturated heterocycles. The maximum atomic E-state index is 4.18. The van der Waals surface area contributed by atoms with Gasteiger partial charge in [0.15, 0.2) is 0 Å². The Bertz CT molecular complexity index is 2590. The van der Waals surface area contributed by atoms with Crippen molar-refractivity contribution < 1.29 is 0 Å². The van der Waals surface area contributed by atoms with E-state index < -0.39 is 0 Å². The van der Waals surface area contributed by atoms with Crippen LogP contribution in [0.3, 0.4) is 0 Å². The minimum Gasteiger partial charge on any atom is -0.384 e. The van der Waals surface area contributed by atoms with E-state index in [1.807, 2.05) is 99.7 Å². The second-order valence-electron chi connectivity index (χ2n) is 14.7. The van der Waals surface area contributed by atoms with Crippen LogP contribution in [0.4, 0.5) is 22.7 Å². The summed E-state index contributed by atoms with van der Waals surface area (Å²) in [5.74, 6) is 0. The molecule has 4 aliphatic rings. The summed E-state index contributed by atoms with van der Waals surface area (Å²) >= 11 is 0. The smallest absolute Gasteiger partial charge is 0.0701 e. The van der Waals surface area contributed by atoms with E-state index in [2.05, 4.69) is 172 Å². The van der Waals surface area contributed by atoms with Gasteiger partial charge in [-0.25, -0.2) is 0 Å². The summed E-state index contributed by atoms with van der Waals surface area (Å²) < 4.78 is 0. The van der Waals surface area contributed by atoms with Crippen molar-refractivity contribution in [1.82, 2.24) is 4.98 Å². The number of nitrogens with zero attached hydrogens (tertiary/aromatic N) is 1. The molecule has 0 radical (unpaired) electrons. The van der Waals surface area contributed by atoms with Gasteiger partial charge in [0.1, 0.15) is 0 Å². The summed E-state index contributed by atoms with van der Waals surface area (Å²) in [4.78, 5) is 4.18. The molecule has 0 amide bonds. The predicted octanol–water partition coefficient (Wildman–Crippen LogP) is 17.4. The summed E-state index contributed by atoms with van der Waals surface area (Å²) in [6.07, 6.45) is 5.33. The molecular weight excluding hydrogens is 815 g/mol. The van der Waals surface area contributed by atoms with E-state index in [0.29, 0.717) is 0 Å². The number of pyridine rings is 1. The average Bonchev–Trinajstić information content (AvgIpc) is 4.29. The highest BCUT2D eigenvalue weighted by atomic mass is 14.9. The third-order valence-electron chi connectivity index (χ3n) is 11.1. The molecule has 13 rings (SSSR count). The molecule has 67 heavy (non-hydrogen) atoms. The molecule has 0 bridgehead atoms. The summed E-state index contributed by atoms with van der Waals surface area (Å²) in [6.45, 7) is 24.3. The van der Waals surface area contributed by atoms with Crippen LogP contribution < -0.4 is 21.3 Å². The number of anilines is 4. The first-order valence-electron chi connectivity index (χ1n) is 25.1. The SMILES string of the molecule is CC.CC.CC.CC.CC.c1cc2c3c(cccc3c1)NC2.c1ccc2c(c1)CCN2.c1ccc2c3c(ccc2c1)CCN3.c1ccc2c3c(ccc2c1)NCC3.c1ccc2ncccc2c1. The van der Waals surface area contributed by atoms with Crippen molar-refractivity contribution in [3.8, 4) is 0 Å². The van der Waals surface area contributed by atoms with Crippen LogP contribution in [0, 0.1) is 0 Å². The fourth-order valence-electron chi connectivity index (χ4n) is 8.31. The number of rotatable bonds is 0. The van der Waals surface area contributed by atoms with Crippen LogP contribution in [-0.4, -0.2) is 24.6 Å². The molecule has 8 aromatic carbocycles. The second-order valence-corrected chi connectivity index (χ2v) is 14.7. The Morgan fingerprint density at radius 3 is 1.61 bits per heavy atom. The molecular formula is C62H77N5. The lowest BCUT2D eigenvalue weighted by Crippen LogP contribution is -1.91. The monoisotopic (exact) mass is 892 g/mol. The lowest BCUT2D eigenvalue weighted by atomic mass is 10.0. The maximum absolute atomic E-state index is 4.18. The molecule has 5 nitrogen and oxygen atoms in total. The fraction of sp³-hybridized carbons (Fsp3) is 0.274. The van der Waals surface area contributed by atoms with Crippen LogP contribution in [0.1, 0.15) is 91.5 Å². The standard InChI is InChI=1S/2C12H11N.C11H9N.C9H7N.C8H9N.5C2H6/c1-2-4-11-9(3-1)5-6-10-7-8-13-12(10)11;1-2-4-10-9(3-1)5-6-12-11(10)7-8-13-12;1-3-8-4-2-6-10-11(8)9(5-1)7-12-10;1-2-6-9-8(4-1)5-3-7-10-9;1-2-4-8-7(3-1)5-6-9-8;5*1-2/h2*1-6,13H,7-8H2;1-6,12H,7H2;1-7H;1-4,9H,5-6H2;5*1-2H3. The largest absolute Gasteiger partial charge is 0.384 e. The predicted molar refractivity (Wildman–Crippen MR) is 301 cm³/mol. The van der Waals surface area contributed by atoms with Crippen LogP contribution in [0.5, 0.6) is 0 Å². The maximum Gasteiger partial charge on any atom is 0.0701 e. The quantitative estimate of drug-likeness (QED) is 0.122. The van der Waals surface area contributed by atoms with Gasteiger partial charge in [0, 0.05) is 71.3 Å². The minimum atomic E-state index is 0.983.